The Kier molecular flexibility index (Phi) is 6.19. The van der Waals surface area contributed by atoms with Crippen molar-refractivity contribution < 1.29 is 28.7 Å². The number of ketones is 1. The third kappa shape index (κ3) is 4.25. The number of methoxy groups -OCH3 is 1. The Labute approximate surface area is 168 Å². The Bertz CT molecular complexity index is 953. The van der Waals surface area contributed by atoms with E-state index in [1.54, 1.807) is 37.4 Å². The monoisotopic (exact) mass is 395 g/mol. The summed E-state index contributed by atoms with van der Waals surface area (Å²) in [4.78, 5) is 50.9. The molecular formula is C22H21NO6. The van der Waals surface area contributed by atoms with Gasteiger partial charge in [-0.25, -0.2) is 4.79 Å². The number of hydrogen-bond acceptors (Lipinski definition) is 6. The average Bonchev–Trinajstić information content (AvgIpc) is 2.98. The number of hydrogen-bond donors (Lipinski definition) is 0. The number of Topliss-reactive ketones (excluding diaryl/α,β-unsaturated/α-hetero) is 1. The van der Waals surface area contributed by atoms with Crippen molar-refractivity contribution in [1.29, 1.82) is 0 Å². The molecule has 2 amide bonds. The Morgan fingerprint density at radius 1 is 0.966 bits per heavy atom. The van der Waals surface area contributed by atoms with Crippen LogP contribution in [0.3, 0.4) is 0 Å². The highest BCUT2D eigenvalue weighted by molar-refractivity contribution is 6.22. The lowest BCUT2D eigenvalue weighted by molar-refractivity contribution is 0.0318. The molecule has 0 N–H and O–H groups in total. The number of carbonyl (C=O) groups excluding carboxylic acids is 4. The highest BCUT2D eigenvalue weighted by Crippen LogP contribution is 2.25. The molecule has 2 aromatic carbocycles. The summed E-state index contributed by atoms with van der Waals surface area (Å²) in [5.74, 6) is -1.91. The molecule has 0 radical (unpaired) electrons. The third-order valence-electron chi connectivity index (χ3n) is 4.65. The van der Waals surface area contributed by atoms with Gasteiger partial charge < -0.3 is 9.47 Å². The van der Waals surface area contributed by atoms with E-state index in [1.807, 2.05) is 0 Å². The Morgan fingerprint density at radius 3 is 2.34 bits per heavy atom. The fourth-order valence-corrected chi connectivity index (χ4v) is 3.11. The van der Waals surface area contributed by atoms with Gasteiger partial charge in [-0.3, -0.25) is 19.3 Å². The molecular weight excluding hydrogens is 374 g/mol. The minimum atomic E-state index is -0.985. The Balaban J connectivity index is 1.72. The second-order valence-electron chi connectivity index (χ2n) is 6.65. The van der Waals surface area contributed by atoms with Crippen molar-refractivity contribution >= 4 is 23.6 Å². The maximum atomic E-state index is 12.5. The molecule has 1 atom stereocenters. The molecule has 29 heavy (non-hydrogen) atoms. The summed E-state index contributed by atoms with van der Waals surface area (Å²) in [6.45, 7) is 2.16. The molecule has 0 aliphatic carbocycles. The number of esters is 1. The largest absolute Gasteiger partial charge is 0.451 e. The summed E-state index contributed by atoms with van der Waals surface area (Å²) in [7, 11) is 1.55. The van der Waals surface area contributed by atoms with Gasteiger partial charge in [0, 0.05) is 25.8 Å². The van der Waals surface area contributed by atoms with Gasteiger partial charge in [0.1, 0.15) is 0 Å². The van der Waals surface area contributed by atoms with Crippen molar-refractivity contribution in [2.75, 3.05) is 20.3 Å². The van der Waals surface area contributed by atoms with Crippen LogP contribution in [0.15, 0.2) is 48.5 Å². The van der Waals surface area contributed by atoms with Gasteiger partial charge in [0.05, 0.1) is 16.7 Å². The minimum absolute atomic E-state index is 0.108. The topological polar surface area (TPSA) is 90.0 Å². The number of rotatable bonds is 8. The van der Waals surface area contributed by atoms with Crippen LogP contribution < -0.4 is 0 Å². The maximum absolute atomic E-state index is 12.5. The zero-order valence-corrected chi connectivity index (χ0v) is 16.2. The zero-order chi connectivity index (χ0) is 21.0. The van der Waals surface area contributed by atoms with Crippen molar-refractivity contribution in [1.82, 2.24) is 4.90 Å². The lowest BCUT2D eigenvalue weighted by atomic mass is 10.1. The van der Waals surface area contributed by atoms with Gasteiger partial charge in [-0.2, -0.15) is 0 Å². The van der Waals surface area contributed by atoms with Gasteiger partial charge in [0.2, 0.25) is 5.78 Å². The highest BCUT2D eigenvalue weighted by Gasteiger charge is 2.35. The quantitative estimate of drug-likeness (QED) is 0.295. The highest BCUT2D eigenvalue weighted by atomic mass is 16.5. The molecule has 0 saturated carbocycles. The van der Waals surface area contributed by atoms with Crippen molar-refractivity contribution in [2.24, 2.45) is 0 Å². The van der Waals surface area contributed by atoms with Crippen LogP contribution in [-0.2, 0) is 9.47 Å². The van der Waals surface area contributed by atoms with Crippen molar-refractivity contribution in [2.45, 2.75) is 19.4 Å². The van der Waals surface area contributed by atoms with E-state index in [1.165, 1.54) is 25.1 Å². The number of fused-ring (bicyclic) bond motifs is 1. The van der Waals surface area contributed by atoms with Gasteiger partial charge in [0.25, 0.3) is 11.8 Å². The van der Waals surface area contributed by atoms with E-state index in [0.717, 1.165) is 4.90 Å². The molecule has 3 rings (SSSR count). The van der Waals surface area contributed by atoms with E-state index in [4.69, 9.17) is 9.47 Å². The molecule has 1 aliphatic rings. The van der Waals surface area contributed by atoms with E-state index >= 15 is 0 Å². The molecule has 0 bridgehead atoms. The van der Waals surface area contributed by atoms with Crippen LogP contribution in [0.4, 0.5) is 0 Å². The van der Waals surface area contributed by atoms with E-state index in [-0.39, 0.29) is 29.0 Å². The summed E-state index contributed by atoms with van der Waals surface area (Å²) < 4.78 is 10.2. The van der Waals surface area contributed by atoms with Gasteiger partial charge in [-0.1, -0.05) is 30.3 Å². The first-order chi connectivity index (χ1) is 13.9. The number of nitrogens with zero attached hydrogens (tertiary/aromatic N) is 1. The Hall–Kier alpha value is -3.32. The maximum Gasteiger partial charge on any atom is 0.338 e. The summed E-state index contributed by atoms with van der Waals surface area (Å²) in [5, 5.41) is 0. The smallest absolute Gasteiger partial charge is 0.338 e. The van der Waals surface area contributed by atoms with Crippen molar-refractivity contribution in [3.8, 4) is 0 Å². The molecule has 1 heterocycles. The van der Waals surface area contributed by atoms with E-state index < -0.39 is 23.9 Å². The number of carbonyl (C=O) groups is 4. The fourth-order valence-electron chi connectivity index (χ4n) is 3.11. The summed E-state index contributed by atoms with van der Waals surface area (Å²) in [5.41, 5.74) is 0.951. The second kappa shape index (κ2) is 8.79. The van der Waals surface area contributed by atoms with Crippen LogP contribution in [-0.4, -0.2) is 54.8 Å². The first-order valence-electron chi connectivity index (χ1n) is 9.23. The minimum Gasteiger partial charge on any atom is -0.451 e. The van der Waals surface area contributed by atoms with Gasteiger partial charge >= 0.3 is 5.97 Å². The summed E-state index contributed by atoms with van der Waals surface area (Å²) >= 11 is 0. The van der Waals surface area contributed by atoms with Crippen LogP contribution in [0.1, 0.15) is 54.8 Å². The first-order valence-corrected chi connectivity index (χ1v) is 9.23. The number of imide groups is 1. The van der Waals surface area contributed by atoms with Gasteiger partial charge in [-0.15, -0.1) is 0 Å². The van der Waals surface area contributed by atoms with Gasteiger partial charge in [0.15, 0.2) is 6.10 Å². The summed E-state index contributed by atoms with van der Waals surface area (Å²) in [6, 6.07) is 12.7. The molecule has 0 fully saturated rings. The van der Waals surface area contributed by atoms with Crippen LogP contribution >= 0.6 is 0 Å². The molecule has 0 aromatic heterocycles. The molecule has 7 heteroatoms. The molecule has 0 spiro atoms. The number of ether oxygens (including phenoxy) is 2. The van der Waals surface area contributed by atoms with Crippen LogP contribution in [0.25, 0.3) is 0 Å². The predicted molar refractivity (Wildman–Crippen MR) is 104 cm³/mol. The molecule has 150 valence electrons. The second-order valence-corrected chi connectivity index (χ2v) is 6.65. The number of amides is 2. The SMILES string of the molecule is COCCCN1C(=O)c2ccc(C(=O)OC(C)C(=O)c3ccccc3)cc2C1=O. The normalized spacial score (nSPS) is 13.9. The molecule has 1 unspecified atom stereocenters. The van der Waals surface area contributed by atoms with E-state index in [9.17, 15) is 19.2 Å². The lowest BCUT2D eigenvalue weighted by Gasteiger charge is -2.13. The fraction of sp³-hybridized carbons (Fsp3) is 0.273. The van der Waals surface area contributed by atoms with E-state index in [2.05, 4.69) is 0 Å². The molecule has 7 nitrogen and oxygen atoms in total. The van der Waals surface area contributed by atoms with Crippen LogP contribution in [0, 0.1) is 0 Å². The lowest BCUT2D eigenvalue weighted by Crippen LogP contribution is -2.31. The predicted octanol–water partition coefficient (Wildman–Crippen LogP) is 2.75. The average molecular weight is 395 g/mol. The zero-order valence-electron chi connectivity index (χ0n) is 16.2. The summed E-state index contributed by atoms with van der Waals surface area (Å²) in [6.07, 6.45) is -0.461. The molecule has 2 aromatic rings. The first kappa shape index (κ1) is 20.4. The standard InChI is InChI=1S/C22H21NO6/c1-14(19(24)15-7-4-3-5-8-15)29-22(27)16-9-10-17-18(13-16)21(26)23(20(17)25)11-6-12-28-2/h3-5,7-10,13-14H,6,11-12H2,1-2H3. The molecule has 1 aliphatic heterocycles. The van der Waals surface area contributed by atoms with Gasteiger partial charge in [-0.05, 0) is 31.5 Å². The Morgan fingerprint density at radius 2 is 1.66 bits per heavy atom. The van der Waals surface area contributed by atoms with Crippen LogP contribution in [0.2, 0.25) is 0 Å². The third-order valence-corrected chi connectivity index (χ3v) is 4.65. The van der Waals surface area contributed by atoms with Crippen LogP contribution in [0.5, 0.6) is 0 Å². The number of benzene rings is 2. The molecule has 0 saturated heterocycles. The van der Waals surface area contributed by atoms with E-state index in [0.29, 0.717) is 18.6 Å². The van der Waals surface area contributed by atoms with Crippen molar-refractivity contribution in [3.05, 3.63) is 70.8 Å². The van der Waals surface area contributed by atoms with Crippen molar-refractivity contribution in [3.63, 3.8) is 0 Å².